The number of carboxylic acid groups (broad SMARTS) is 1. The van der Waals surface area contributed by atoms with E-state index in [0.717, 1.165) is 24.0 Å². The van der Waals surface area contributed by atoms with Gasteiger partial charge in [0.25, 0.3) is 0 Å². The predicted molar refractivity (Wildman–Crippen MR) is 82.7 cm³/mol. The van der Waals surface area contributed by atoms with Gasteiger partial charge in [0.05, 0.1) is 24.3 Å². The van der Waals surface area contributed by atoms with Crippen molar-refractivity contribution in [2.24, 2.45) is 0 Å². The molecule has 1 aromatic carbocycles. The molecule has 0 spiro atoms. The fourth-order valence-electron chi connectivity index (χ4n) is 3.14. The van der Waals surface area contributed by atoms with E-state index in [-0.39, 0.29) is 12.5 Å². The van der Waals surface area contributed by atoms with Gasteiger partial charge in [0.1, 0.15) is 0 Å². The molecule has 22 heavy (non-hydrogen) atoms. The summed E-state index contributed by atoms with van der Waals surface area (Å²) in [6, 6.07) is 7.72. The Morgan fingerprint density at radius 1 is 1.50 bits per heavy atom. The average Bonchev–Trinajstić information content (AvgIpc) is 2.86. The van der Waals surface area contributed by atoms with Crippen molar-refractivity contribution in [3.05, 3.63) is 34.9 Å². The van der Waals surface area contributed by atoms with Gasteiger partial charge < -0.3 is 15.1 Å². The van der Waals surface area contributed by atoms with Gasteiger partial charge in [0.2, 0.25) is 0 Å². The summed E-state index contributed by atoms with van der Waals surface area (Å²) in [5, 5.41) is 29.1. The van der Waals surface area contributed by atoms with E-state index < -0.39 is 17.7 Å². The number of benzene rings is 1. The zero-order valence-corrected chi connectivity index (χ0v) is 13.2. The highest BCUT2D eigenvalue weighted by Crippen LogP contribution is 2.37. The van der Waals surface area contributed by atoms with Crippen molar-refractivity contribution in [3.63, 3.8) is 0 Å². The first-order valence-electron chi connectivity index (χ1n) is 7.46. The number of nitrogens with zero attached hydrogens (tertiary/aromatic N) is 2. The molecule has 0 aliphatic heterocycles. The van der Waals surface area contributed by atoms with Crippen LogP contribution >= 0.6 is 0 Å². The highest BCUT2D eigenvalue weighted by molar-refractivity contribution is 5.66. The molecule has 2 unspecified atom stereocenters. The zero-order chi connectivity index (χ0) is 16.5. The van der Waals surface area contributed by atoms with Crippen molar-refractivity contribution >= 4 is 6.09 Å². The number of hydrogen-bond acceptors (Lipinski definition) is 3. The largest absolute Gasteiger partial charge is 0.465 e. The molecule has 5 nitrogen and oxygen atoms in total. The van der Waals surface area contributed by atoms with Crippen LogP contribution in [0.15, 0.2) is 18.2 Å². The molecule has 0 heterocycles. The van der Waals surface area contributed by atoms with E-state index in [9.17, 15) is 15.0 Å². The number of β-amino-alcohol motifs (C(OH)–C–C–N with tert-alkyl or cyclic N) is 1. The van der Waals surface area contributed by atoms with Crippen LogP contribution in [0.4, 0.5) is 4.79 Å². The van der Waals surface area contributed by atoms with E-state index in [1.807, 2.05) is 32.9 Å². The summed E-state index contributed by atoms with van der Waals surface area (Å²) >= 11 is 0. The van der Waals surface area contributed by atoms with Crippen LogP contribution in [0.1, 0.15) is 49.8 Å². The monoisotopic (exact) mass is 302 g/mol. The van der Waals surface area contributed by atoms with E-state index in [1.165, 1.54) is 4.90 Å². The zero-order valence-electron chi connectivity index (χ0n) is 13.2. The molecular formula is C17H22N2O3. The SMILES string of the molecule is CC(C)(C)N(CC(O)C1CCc2c(C#N)cccc21)C(=O)O. The van der Waals surface area contributed by atoms with Crippen molar-refractivity contribution in [3.8, 4) is 6.07 Å². The van der Waals surface area contributed by atoms with Crippen LogP contribution in [0.3, 0.4) is 0 Å². The Labute approximate surface area is 130 Å². The van der Waals surface area contributed by atoms with Crippen molar-refractivity contribution in [1.29, 1.82) is 5.26 Å². The predicted octanol–water partition coefficient (Wildman–Crippen LogP) is 2.73. The second-order valence-electron chi connectivity index (χ2n) is 6.76. The van der Waals surface area contributed by atoms with Gasteiger partial charge in [0.15, 0.2) is 0 Å². The third-order valence-corrected chi connectivity index (χ3v) is 4.31. The minimum absolute atomic E-state index is 0.0692. The Bertz CT molecular complexity index is 613. The van der Waals surface area contributed by atoms with Crippen LogP contribution in [0.5, 0.6) is 0 Å². The lowest BCUT2D eigenvalue weighted by molar-refractivity contribution is 0.0451. The second kappa shape index (κ2) is 5.98. The Hall–Kier alpha value is -2.06. The molecule has 1 aliphatic rings. The Kier molecular flexibility index (Phi) is 4.43. The average molecular weight is 302 g/mol. The molecule has 2 rings (SSSR count). The van der Waals surface area contributed by atoms with E-state index in [2.05, 4.69) is 6.07 Å². The molecular weight excluding hydrogens is 280 g/mol. The summed E-state index contributed by atoms with van der Waals surface area (Å²) in [4.78, 5) is 12.7. The maximum Gasteiger partial charge on any atom is 0.407 e. The lowest BCUT2D eigenvalue weighted by Crippen LogP contribution is -2.49. The summed E-state index contributed by atoms with van der Waals surface area (Å²) in [6.07, 6.45) is -0.308. The van der Waals surface area contributed by atoms with Crippen molar-refractivity contribution in [1.82, 2.24) is 4.90 Å². The van der Waals surface area contributed by atoms with Gasteiger partial charge in [-0.15, -0.1) is 0 Å². The number of nitriles is 1. The standard InChI is InChI=1S/C17H22N2O3/c1-17(2,3)19(16(21)22)10-15(20)14-8-7-12-11(9-18)5-4-6-13(12)14/h4-6,14-15,20H,7-8,10H2,1-3H3,(H,21,22). The minimum Gasteiger partial charge on any atom is -0.465 e. The number of carbonyl (C=O) groups is 1. The first kappa shape index (κ1) is 16.3. The highest BCUT2D eigenvalue weighted by atomic mass is 16.4. The van der Waals surface area contributed by atoms with Gasteiger partial charge in [-0.1, -0.05) is 12.1 Å². The van der Waals surface area contributed by atoms with E-state index >= 15 is 0 Å². The molecule has 0 bridgehead atoms. The third kappa shape index (κ3) is 3.07. The molecule has 0 saturated carbocycles. The summed E-state index contributed by atoms with van der Waals surface area (Å²) in [5.41, 5.74) is 2.05. The molecule has 0 fully saturated rings. The first-order valence-corrected chi connectivity index (χ1v) is 7.46. The minimum atomic E-state index is -1.03. The molecule has 2 atom stereocenters. The number of aliphatic hydroxyl groups excluding tert-OH is 1. The van der Waals surface area contributed by atoms with Crippen LogP contribution in [-0.2, 0) is 6.42 Å². The number of aliphatic hydroxyl groups is 1. The molecule has 1 aromatic rings. The Morgan fingerprint density at radius 3 is 2.73 bits per heavy atom. The smallest absolute Gasteiger partial charge is 0.407 e. The van der Waals surface area contributed by atoms with Crippen molar-refractivity contribution in [2.45, 2.75) is 51.2 Å². The summed E-state index contributed by atoms with van der Waals surface area (Å²) < 4.78 is 0. The quantitative estimate of drug-likeness (QED) is 0.899. The lowest BCUT2D eigenvalue weighted by atomic mass is 9.93. The van der Waals surface area contributed by atoms with Gasteiger partial charge in [-0.05, 0) is 50.8 Å². The van der Waals surface area contributed by atoms with E-state index in [0.29, 0.717) is 5.56 Å². The Balaban J connectivity index is 2.22. The van der Waals surface area contributed by atoms with Gasteiger partial charge >= 0.3 is 6.09 Å². The molecule has 2 N–H and O–H groups in total. The molecule has 0 saturated heterocycles. The van der Waals surface area contributed by atoms with Crippen LogP contribution < -0.4 is 0 Å². The second-order valence-corrected chi connectivity index (χ2v) is 6.76. The summed E-state index contributed by atoms with van der Waals surface area (Å²) in [6.45, 7) is 5.50. The molecule has 1 aliphatic carbocycles. The van der Waals surface area contributed by atoms with E-state index in [1.54, 1.807) is 6.07 Å². The fourth-order valence-corrected chi connectivity index (χ4v) is 3.14. The highest BCUT2D eigenvalue weighted by Gasteiger charge is 2.35. The van der Waals surface area contributed by atoms with Crippen LogP contribution in [-0.4, -0.2) is 39.4 Å². The molecule has 0 aromatic heterocycles. The summed E-state index contributed by atoms with van der Waals surface area (Å²) in [7, 11) is 0. The van der Waals surface area contributed by atoms with Crippen molar-refractivity contribution in [2.75, 3.05) is 6.54 Å². The van der Waals surface area contributed by atoms with Gasteiger partial charge in [-0.3, -0.25) is 0 Å². The number of fused-ring (bicyclic) bond motifs is 1. The topological polar surface area (TPSA) is 84.6 Å². The molecule has 1 amide bonds. The van der Waals surface area contributed by atoms with Crippen LogP contribution in [0, 0.1) is 11.3 Å². The molecule has 0 radical (unpaired) electrons. The number of rotatable bonds is 3. The van der Waals surface area contributed by atoms with Crippen LogP contribution in [0.2, 0.25) is 0 Å². The van der Waals surface area contributed by atoms with Gasteiger partial charge in [-0.25, -0.2) is 4.79 Å². The maximum atomic E-state index is 11.4. The Morgan fingerprint density at radius 2 is 2.18 bits per heavy atom. The normalized spacial score (nSPS) is 18.4. The number of hydrogen-bond donors (Lipinski definition) is 2. The van der Waals surface area contributed by atoms with Gasteiger partial charge in [-0.2, -0.15) is 5.26 Å². The maximum absolute atomic E-state index is 11.4. The first-order chi connectivity index (χ1) is 10.3. The van der Waals surface area contributed by atoms with Gasteiger partial charge in [0, 0.05) is 11.5 Å². The third-order valence-electron chi connectivity index (χ3n) is 4.31. The molecule has 118 valence electrons. The molecule has 5 heteroatoms. The summed E-state index contributed by atoms with van der Waals surface area (Å²) in [5.74, 6) is -0.118. The van der Waals surface area contributed by atoms with E-state index in [4.69, 9.17) is 5.26 Å². The van der Waals surface area contributed by atoms with Crippen molar-refractivity contribution < 1.29 is 15.0 Å². The van der Waals surface area contributed by atoms with Crippen LogP contribution in [0.25, 0.3) is 0 Å². The lowest BCUT2D eigenvalue weighted by Gasteiger charge is -2.36. The number of amides is 1. The fraction of sp³-hybridized carbons (Fsp3) is 0.529.